The van der Waals surface area contributed by atoms with E-state index in [1.54, 1.807) is 0 Å². The summed E-state index contributed by atoms with van der Waals surface area (Å²) in [7, 11) is -1.32. The molecule has 8 nitrogen and oxygen atoms in total. The molecule has 0 amide bonds. The molecule has 1 heterocycles. The molecule has 1 aromatic carbocycles. The molecule has 0 aliphatic rings. The first-order chi connectivity index (χ1) is 9.33. The average molecular weight is 297 g/mol. The molecule has 2 aromatic rings. The van der Waals surface area contributed by atoms with Crippen LogP contribution in [0.4, 0.5) is 5.69 Å². The third kappa shape index (κ3) is 2.53. The van der Waals surface area contributed by atoms with Crippen molar-refractivity contribution in [3.63, 3.8) is 0 Å². The molecule has 0 aliphatic heterocycles. The summed E-state index contributed by atoms with van der Waals surface area (Å²) in [5.74, 6) is -0.0556. The second-order valence-electron chi connectivity index (χ2n) is 4.06. The normalized spacial score (nSPS) is 11.8. The van der Waals surface area contributed by atoms with Crippen molar-refractivity contribution in [2.45, 2.75) is 0 Å². The standard InChI is InChI=1S/C11H11N3O5S/c1-13(2)20(17,18)19-10-6-5-9(14(15)16)8-4-3-7-12-11(8)10/h3-7H,1-2H3. The maximum atomic E-state index is 11.7. The zero-order chi connectivity index (χ0) is 14.9. The predicted molar refractivity (Wildman–Crippen MR) is 71.6 cm³/mol. The van der Waals surface area contributed by atoms with Gasteiger partial charge in [0.1, 0.15) is 5.52 Å². The fourth-order valence-corrected chi connectivity index (χ4v) is 2.06. The Labute approximate surface area is 115 Å². The highest BCUT2D eigenvalue weighted by atomic mass is 32.2. The number of nitro benzene ring substituents is 1. The van der Waals surface area contributed by atoms with Gasteiger partial charge in [0.15, 0.2) is 5.75 Å². The highest BCUT2D eigenvalue weighted by molar-refractivity contribution is 7.84. The van der Waals surface area contributed by atoms with Crippen LogP contribution in [0.25, 0.3) is 10.9 Å². The van der Waals surface area contributed by atoms with E-state index in [-0.39, 0.29) is 22.3 Å². The Hall–Kier alpha value is -2.26. The first-order valence-corrected chi connectivity index (χ1v) is 6.83. The van der Waals surface area contributed by atoms with E-state index in [0.29, 0.717) is 0 Å². The molecule has 0 spiro atoms. The number of rotatable bonds is 4. The van der Waals surface area contributed by atoms with E-state index in [1.165, 1.54) is 44.6 Å². The minimum atomic E-state index is -3.95. The van der Waals surface area contributed by atoms with Gasteiger partial charge in [-0.1, -0.05) is 0 Å². The molecule has 0 atom stereocenters. The monoisotopic (exact) mass is 297 g/mol. The Morgan fingerprint density at radius 1 is 1.30 bits per heavy atom. The van der Waals surface area contributed by atoms with Gasteiger partial charge in [0.25, 0.3) is 5.69 Å². The maximum absolute atomic E-state index is 11.7. The molecule has 106 valence electrons. The van der Waals surface area contributed by atoms with E-state index in [2.05, 4.69) is 4.98 Å². The van der Waals surface area contributed by atoms with Crippen LogP contribution in [0.2, 0.25) is 0 Å². The number of nitrogens with zero attached hydrogens (tertiary/aromatic N) is 3. The Morgan fingerprint density at radius 2 is 2.00 bits per heavy atom. The smallest absolute Gasteiger partial charge is 0.368 e. The van der Waals surface area contributed by atoms with Gasteiger partial charge in [0, 0.05) is 26.4 Å². The van der Waals surface area contributed by atoms with Crippen molar-refractivity contribution in [1.82, 2.24) is 9.29 Å². The van der Waals surface area contributed by atoms with E-state index < -0.39 is 15.2 Å². The molecule has 0 aliphatic carbocycles. The van der Waals surface area contributed by atoms with Crippen LogP contribution in [-0.2, 0) is 10.3 Å². The quantitative estimate of drug-likeness (QED) is 0.623. The van der Waals surface area contributed by atoms with Crippen LogP contribution in [0.15, 0.2) is 30.5 Å². The summed E-state index contributed by atoms with van der Waals surface area (Å²) >= 11 is 0. The molecule has 1 aromatic heterocycles. The molecule has 0 radical (unpaired) electrons. The van der Waals surface area contributed by atoms with Crippen molar-refractivity contribution < 1.29 is 17.5 Å². The van der Waals surface area contributed by atoms with E-state index in [1.807, 2.05) is 0 Å². The van der Waals surface area contributed by atoms with Gasteiger partial charge in [-0.2, -0.15) is 12.7 Å². The Bertz CT molecular complexity index is 773. The zero-order valence-corrected chi connectivity index (χ0v) is 11.5. The minimum Gasteiger partial charge on any atom is -0.368 e. The molecule has 9 heteroatoms. The van der Waals surface area contributed by atoms with E-state index in [0.717, 1.165) is 4.31 Å². The molecule has 0 unspecified atom stereocenters. The van der Waals surface area contributed by atoms with Crippen LogP contribution in [0.1, 0.15) is 0 Å². The minimum absolute atomic E-state index is 0.0556. The number of benzene rings is 1. The van der Waals surface area contributed by atoms with Crippen molar-refractivity contribution in [2.24, 2.45) is 0 Å². The summed E-state index contributed by atoms with van der Waals surface area (Å²) in [4.78, 5) is 14.3. The van der Waals surface area contributed by atoms with E-state index in [9.17, 15) is 18.5 Å². The highest BCUT2D eigenvalue weighted by Gasteiger charge is 2.21. The van der Waals surface area contributed by atoms with Gasteiger partial charge in [0.05, 0.1) is 10.3 Å². The fourth-order valence-electron chi connectivity index (χ4n) is 1.55. The Balaban J connectivity index is 2.63. The van der Waals surface area contributed by atoms with Crippen LogP contribution in [0, 0.1) is 10.1 Å². The Kier molecular flexibility index (Phi) is 3.55. The van der Waals surface area contributed by atoms with Gasteiger partial charge in [-0.05, 0) is 18.2 Å². The van der Waals surface area contributed by atoms with Gasteiger partial charge < -0.3 is 4.18 Å². The lowest BCUT2D eigenvalue weighted by atomic mass is 10.2. The SMILES string of the molecule is CN(C)S(=O)(=O)Oc1ccc([N+](=O)[O-])c2cccnc12. The van der Waals surface area contributed by atoms with Crippen molar-refractivity contribution in [1.29, 1.82) is 0 Å². The van der Waals surface area contributed by atoms with Crippen molar-refractivity contribution in [3.8, 4) is 5.75 Å². The molecule has 0 saturated carbocycles. The van der Waals surface area contributed by atoms with Crippen LogP contribution < -0.4 is 4.18 Å². The lowest BCUT2D eigenvalue weighted by Crippen LogP contribution is -2.27. The number of hydrogen-bond donors (Lipinski definition) is 0. The first kappa shape index (κ1) is 14.2. The number of pyridine rings is 1. The highest BCUT2D eigenvalue weighted by Crippen LogP contribution is 2.32. The van der Waals surface area contributed by atoms with E-state index in [4.69, 9.17) is 4.18 Å². The van der Waals surface area contributed by atoms with Crippen molar-refractivity contribution in [2.75, 3.05) is 14.1 Å². The number of aromatic nitrogens is 1. The van der Waals surface area contributed by atoms with Gasteiger partial charge in [-0.3, -0.25) is 15.1 Å². The summed E-state index contributed by atoms with van der Waals surface area (Å²) in [5, 5.41) is 11.1. The summed E-state index contributed by atoms with van der Waals surface area (Å²) in [5.41, 5.74) is -0.0465. The summed E-state index contributed by atoms with van der Waals surface area (Å²) in [6, 6.07) is 5.41. The summed E-state index contributed by atoms with van der Waals surface area (Å²) in [6.45, 7) is 0. The Morgan fingerprint density at radius 3 is 2.60 bits per heavy atom. The van der Waals surface area contributed by atoms with Crippen LogP contribution in [0.5, 0.6) is 5.75 Å². The first-order valence-electron chi connectivity index (χ1n) is 5.47. The van der Waals surface area contributed by atoms with Crippen molar-refractivity contribution >= 4 is 26.9 Å². The van der Waals surface area contributed by atoms with Crippen LogP contribution in [0.3, 0.4) is 0 Å². The second-order valence-corrected chi connectivity index (χ2v) is 5.82. The molecule has 2 rings (SSSR count). The summed E-state index contributed by atoms with van der Waals surface area (Å²) in [6.07, 6.45) is 1.40. The zero-order valence-electron chi connectivity index (χ0n) is 10.7. The lowest BCUT2D eigenvalue weighted by Gasteiger charge is -2.13. The molecule has 0 bridgehead atoms. The second kappa shape index (κ2) is 5.02. The average Bonchev–Trinajstić information content (AvgIpc) is 2.38. The number of non-ortho nitro benzene ring substituents is 1. The molecular formula is C11H11N3O5S. The number of fused-ring (bicyclic) bond motifs is 1. The molecule has 0 N–H and O–H groups in total. The van der Waals surface area contributed by atoms with Gasteiger partial charge in [-0.25, -0.2) is 0 Å². The third-order valence-corrected chi connectivity index (χ3v) is 3.83. The largest absolute Gasteiger partial charge is 0.384 e. The van der Waals surface area contributed by atoms with Gasteiger partial charge in [0.2, 0.25) is 0 Å². The number of nitro groups is 1. The number of hydrogen-bond acceptors (Lipinski definition) is 6. The van der Waals surface area contributed by atoms with Gasteiger partial charge >= 0.3 is 10.3 Å². The topological polar surface area (TPSA) is 103 Å². The van der Waals surface area contributed by atoms with Crippen molar-refractivity contribution in [3.05, 3.63) is 40.6 Å². The third-order valence-electron chi connectivity index (χ3n) is 2.55. The fraction of sp³-hybridized carbons (Fsp3) is 0.182. The summed E-state index contributed by atoms with van der Waals surface area (Å²) < 4.78 is 29.2. The lowest BCUT2D eigenvalue weighted by molar-refractivity contribution is -0.383. The predicted octanol–water partition coefficient (Wildman–Crippen LogP) is 1.33. The van der Waals surface area contributed by atoms with E-state index >= 15 is 0 Å². The molecular weight excluding hydrogens is 286 g/mol. The maximum Gasteiger partial charge on any atom is 0.384 e. The molecule has 20 heavy (non-hydrogen) atoms. The van der Waals surface area contributed by atoms with Gasteiger partial charge in [-0.15, -0.1) is 0 Å². The molecule has 0 fully saturated rings. The van der Waals surface area contributed by atoms with Crippen LogP contribution >= 0.6 is 0 Å². The van der Waals surface area contributed by atoms with Crippen LogP contribution in [-0.4, -0.2) is 36.7 Å². The molecule has 0 saturated heterocycles.